The Morgan fingerprint density at radius 1 is 1.00 bits per heavy atom. The maximum absolute atomic E-state index is 11.4. The van der Waals surface area contributed by atoms with E-state index in [1.807, 2.05) is 48.5 Å². The summed E-state index contributed by atoms with van der Waals surface area (Å²) in [6, 6.07) is 16.9. The number of ether oxygens (including phenoxy) is 2. The Hall–Kier alpha value is -2.59. The molecule has 0 N–H and O–H groups in total. The van der Waals surface area contributed by atoms with Gasteiger partial charge in [-0.25, -0.2) is 0 Å². The van der Waals surface area contributed by atoms with E-state index in [0.29, 0.717) is 17.0 Å². The molecule has 0 unspecified atom stereocenters. The third-order valence-electron chi connectivity index (χ3n) is 3.30. The predicted molar refractivity (Wildman–Crippen MR) is 96.9 cm³/mol. The molecule has 0 spiro atoms. The van der Waals surface area contributed by atoms with Crippen LogP contribution in [0.3, 0.4) is 0 Å². The number of carbonyl (C=O) groups is 2. The van der Waals surface area contributed by atoms with Crippen molar-refractivity contribution in [3.05, 3.63) is 76.3 Å². The highest BCUT2D eigenvalue weighted by atomic mass is 35.5. The molecular formula is C20H19ClO4. The number of esters is 2. The lowest BCUT2D eigenvalue weighted by atomic mass is 10.0. The average molecular weight is 359 g/mol. The van der Waals surface area contributed by atoms with Crippen LogP contribution in [-0.2, 0) is 25.5 Å². The minimum absolute atomic E-state index is 0.457. The number of benzene rings is 2. The van der Waals surface area contributed by atoms with Crippen LogP contribution < -0.4 is 0 Å². The fourth-order valence-electron chi connectivity index (χ4n) is 2.32. The van der Waals surface area contributed by atoms with Gasteiger partial charge in [-0.15, -0.1) is 0 Å². The van der Waals surface area contributed by atoms with Crippen molar-refractivity contribution >= 4 is 29.6 Å². The molecule has 0 fully saturated rings. The first-order valence-corrected chi connectivity index (χ1v) is 8.16. The number of halogens is 1. The van der Waals surface area contributed by atoms with Crippen LogP contribution in [0.25, 0.3) is 6.08 Å². The van der Waals surface area contributed by atoms with Gasteiger partial charge in [0.25, 0.3) is 6.29 Å². The van der Waals surface area contributed by atoms with Crippen LogP contribution >= 0.6 is 11.6 Å². The van der Waals surface area contributed by atoms with Gasteiger partial charge in [-0.1, -0.05) is 54.1 Å². The van der Waals surface area contributed by atoms with E-state index in [2.05, 4.69) is 0 Å². The molecule has 130 valence electrons. The second kappa shape index (κ2) is 9.04. The van der Waals surface area contributed by atoms with E-state index < -0.39 is 18.2 Å². The SMILES string of the molecule is CC(=O)OC(OC(C)=O)C(=Cc1cccc(Cl)c1)Cc1ccccc1. The van der Waals surface area contributed by atoms with Crippen LogP contribution in [0.2, 0.25) is 5.02 Å². The van der Waals surface area contributed by atoms with E-state index in [1.165, 1.54) is 13.8 Å². The molecule has 0 saturated carbocycles. The molecule has 25 heavy (non-hydrogen) atoms. The van der Waals surface area contributed by atoms with E-state index in [0.717, 1.165) is 11.1 Å². The number of hydrogen-bond donors (Lipinski definition) is 0. The van der Waals surface area contributed by atoms with Crippen LogP contribution in [0.4, 0.5) is 0 Å². The highest BCUT2D eigenvalue weighted by Gasteiger charge is 2.21. The molecule has 0 atom stereocenters. The van der Waals surface area contributed by atoms with Gasteiger partial charge in [-0.3, -0.25) is 9.59 Å². The monoisotopic (exact) mass is 358 g/mol. The Labute approximate surface area is 152 Å². The Kier molecular flexibility index (Phi) is 6.78. The highest BCUT2D eigenvalue weighted by molar-refractivity contribution is 6.30. The van der Waals surface area contributed by atoms with Gasteiger partial charge >= 0.3 is 11.9 Å². The lowest BCUT2D eigenvalue weighted by Crippen LogP contribution is -2.25. The Morgan fingerprint density at radius 2 is 1.64 bits per heavy atom. The lowest BCUT2D eigenvalue weighted by Gasteiger charge is -2.20. The molecule has 0 aliphatic carbocycles. The summed E-state index contributed by atoms with van der Waals surface area (Å²) in [6.45, 7) is 2.55. The van der Waals surface area contributed by atoms with E-state index in [9.17, 15) is 9.59 Å². The van der Waals surface area contributed by atoms with Crippen molar-refractivity contribution in [3.63, 3.8) is 0 Å². The molecule has 0 radical (unpaired) electrons. The average Bonchev–Trinajstić information content (AvgIpc) is 2.54. The van der Waals surface area contributed by atoms with Gasteiger partial charge in [0.2, 0.25) is 0 Å². The van der Waals surface area contributed by atoms with Gasteiger partial charge in [0.05, 0.1) is 0 Å². The first-order valence-electron chi connectivity index (χ1n) is 7.78. The van der Waals surface area contributed by atoms with Gasteiger partial charge < -0.3 is 9.47 Å². The Balaban J connectivity index is 2.41. The van der Waals surface area contributed by atoms with Crippen molar-refractivity contribution in [1.29, 1.82) is 0 Å². The topological polar surface area (TPSA) is 52.6 Å². The summed E-state index contributed by atoms with van der Waals surface area (Å²) in [6.07, 6.45) is 1.18. The zero-order valence-electron chi connectivity index (χ0n) is 14.1. The molecular weight excluding hydrogens is 340 g/mol. The molecule has 0 amide bonds. The first kappa shape index (κ1) is 18.7. The maximum atomic E-state index is 11.4. The van der Waals surface area contributed by atoms with Crippen molar-refractivity contribution < 1.29 is 19.1 Å². The summed E-state index contributed by atoms with van der Waals surface area (Å²) < 4.78 is 10.4. The van der Waals surface area contributed by atoms with Gasteiger partial charge in [0.15, 0.2) is 0 Å². The van der Waals surface area contributed by atoms with Crippen molar-refractivity contribution in [1.82, 2.24) is 0 Å². The van der Waals surface area contributed by atoms with Gasteiger partial charge in [0.1, 0.15) is 0 Å². The summed E-state index contributed by atoms with van der Waals surface area (Å²) in [5, 5.41) is 0.587. The fraction of sp³-hybridized carbons (Fsp3) is 0.200. The number of carbonyl (C=O) groups excluding carboxylic acids is 2. The third-order valence-corrected chi connectivity index (χ3v) is 3.54. The standard InChI is InChI=1S/C20H19ClO4/c1-14(22)24-20(25-15(2)23)18(11-16-7-4-3-5-8-16)12-17-9-6-10-19(21)13-17/h3-10,12-13,20H,11H2,1-2H3. The fourth-order valence-corrected chi connectivity index (χ4v) is 2.52. The zero-order valence-corrected chi connectivity index (χ0v) is 14.8. The molecule has 2 rings (SSSR count). The molecule has 0 heterocycles. The highest BCUT2D eigenvalue weighted by Crippen LogP contribution is 2.21. The van der Waals surface area contributed by atoms with Crippen LogP contribution in [0.5, 0.6) is 0 Å². The predicted octanol–water partition coefficient (Wildman–Crippen LogP) is 4.42. The quantitative estimate of drug-likeness (QED) is 0.566. The summed E-state index contributed by atoms with van der Waals surface area (Å²) in [4.78, 5) is 22.9. The molecule has 0 aliphatic heterocycles. The molecule has 5 heteroatoms. The maximum Gasteiger partial charge on any atom is 0.305 e. The van der Waals surface area contributed by atoms with Crippen molar-refractivity contribution in [2.24, 2.45) is 0 Å². The summed E-state index contributed by atoms with van der Waals surface area (Å²) >= 11 is 6.04. The lowest BCUT2D eigenvalue weighted by molar-refractivity contribution is -0.178. The van der Waals surface area contributed by atoms with Crippen LogP contribution in [0, 0.1) is 0 Å². The molecule has 0 aromatic heterocycles. The molecule has 4 nitrogen and oxygen atoms in total. The van der Waals surface area contributed by atoms with Crippen LogP contribution in [0.1, 0.15) is 25.0 Å². The first-order chi connectivity index (χ1) is 11.9. The van der Waals surface area contributed by atoms with E-state index >= 15 is 0 Å². The molecule has 2 aromatic rings. The molecule has 2 aromatic carbocycles. The third kappa shape index (κ3) is 6.43. The summed E-state index contributed by atoms with van der Waals surface area (Å²) in [7, 11) is 0. The second-order valence-electron chi connectivity index (χ2n) is 5.49. The van der Waals surface area contributed by atoms with Crippen LogP contribution in [-0.4, -0.2) is 18.2 Å². The van der Waals surface area contributed by atoms with Crippen LogP contribution in [0.15, 0.2) is 60.2 Å². The smallest absolute Gasteiger partial charge is 0.305 e. The normalized spacial score (nSPS) is 11.3. The van der Waals surface area contributed by atoms with Gasteiger partial charge in [-0.05, 0) is 29.3 Å². The van der Waals surface area contributed by atoms with Crippen molar-refractivity contribution in [3.8, 4) is 0 Å². The summed E-state index contributed by atoms with van der Waals surface area (Å²) in [5.74, 6) is -1.06. The largest absolute Gasteiger partial charge is 0.421 e. The minimum atomic E-state index is -1.09. The van der Waals surface area contributed by atoms with Crippen molar-refractivity contribution in [2.75, 3.05) is 0 Å². The van der Waals surface area contributed by atoms with E-state index in [-0.39, 0.29) is 0 Å². The summed E-state index contributed by atoms with van der Waals surface area (Å²) in [5.41, 5.74) is 2.46. The second-order valence-corrected chi connectivity index (χ2v) is 5.92. The molecule has 0 aliphatic rings. The van der Waals surface area contributed by atoms with Gasteiger partial charge in [-0.2, -0.15) is 0 Å². The van der Waals surface area contributed by atoms with E-state index in [4.69, 9.17) is 21.1 Å². The number of hydrogen-bond acceptors (Lipinski definition) is 4. The molecule has 0 saturated heterocycles. The Morgan fingerprint density at radius 3 is 2.20 bits per heavy atom. The Bertz CT molecular complexity index is 752. The minimum Gasteiger partial charge on any atom is -0.421 e. The van der Waals surface area contributed by atoms with Gasteiger partial charge in [0, 0.05) is 30.9 Å². The zero-order chi connectivity index (χ0) is 18.2. The number of rotatable bonds is 6. The van der Waals surface area contributed by atoms with Crippen molar-refractivity contribution in [2.45, 2.75) is 26.6 Å². The van der Waals surface area contributed by atoms with E-state index in [1.54, 1.807) is 12.1 Å². The molecule has 0 bridgehead atoms.